The van der Waals surface area contributed by atoms with Gasteiger partial charge >= 0.3 is 0 Å². The number of ketones is 2. The van der Waals surface area contributed by atoms with Crippen LogP contribution >= 0.6 is 69.6 Å². The van der Waals surface area contributed by atoms with E-state index >= 15 is 0 Å². The second-order valence-electron chi connectivity index (χ2n) is 13.5. The minimum atomic E-state index is -1.59. The number of nitrogens with one attached hydrogen (secondary N) is 4. The summed E-state index contributed by atoms with van der Waals surface area (Å²) in [6.07, 6.45) is 0. The lowest BCUT2D eigenvalue weighted by atomic mass is 10.1. The summed E-state index contributed by atoms with van der Waals surface area (Å²) in [5.41, 5.74) is 2.55. The number of nitrogens with zero attached hydrogens (tertiary/aromatic N) is 4. The van der Waals surface area contributed by atoms with Crippen LogP contribution in [-0.2, 0) is 19.2 Å². The maximum atomic E-state index is 13.4. The zero-order valence-corrected chi connectivity index (χ0v) is 37.3. The SMILES string of the molecule is CC(=O)C(N=Nc1cc(Cl)cc(C(=O)Nc2cc(Cl)cc(Cl)c2)c1)C(=O)Nc1cc(C)c(NC(=O)C(N=Nc2cc(Cl)cc(C(=O)Nc3cc(Cl)cc(Cl)c3)c2)C(C)=O)cc1C. The number of amides is 4. The van der Waals surface area contributed by atoms with E-state index in [0.29, 0.717) is 42.6 Å². The first-order chi connectivity index (χ1) is 29.2. The highest BCUT2D eigenvalue weighted by Crippen LogP contribution is 2.29. The fourth-order valence-electron chi connectivity index (χ4n) is 5.56. The number of carbonyl (C=O) groups is 6. The fraction of sp³-hybridized carbons (Fsp3) is 0.143. The standard InChI is InChI=1S/C42H32Cl6N8O6/c1-19-5-36(52-42(62)38(22(4)58)56-54-34-10-24(8-26(44)18-34)40(60)50-32-15-29(47)12-30(48)16-32)20(2)6-35(19)51-41(61)37(21(3)57)55-53-33-9-23(7-25(43)17-33)39(59)49-31-13-27(45)11-28(46)14-31/h5-18,37-38H,1-4H3,(H,49,59)(H,50,60)(H,51,61)(H,52,62). The molecule has 4 N–H and O–H groups in total. The number of aryl methyl sites for hydroxylation is 2. The average Bonchev–Trinajstić information content (AvgIpc) is 3.15. The summed E-state index contributed by atoms with van der Waals surface area (Å²) in [6, 6.07) is 17.2. The first-order valence-corrected chi connectivity index (χ1v) is 20.2. The number of halogens is 6. The number of anilines is 4. The van der Waals surface area contributed by atoms with Crippen LogP contribution in [0.25, 0.3) is 0 Å². The summed E-state index contributed by atoms with van der Waals surface area (Å²) in [7, 11) is 0. The highest BCUT2D eigenvalue weighted by Gasteiger charge is 2.26. The summed E-state index contributed by atoms with van der Waals surface area (Å²) < 4.78 is 0. The average molecular weight is 957 g/mol. The van der Waals surface area contributed by atoms with Crippen molar-refractivity contribution in [1.82, 2.24) is 0 Å². The predicted octanol–water partition coefficient (Wildman–Crippen LogP) is 12.1. The van der Waals surface area contributed by atoms with E-state index in [4.69, 9.17) is 69.6 Å². The van der Waals surface area contributed by atoms with Crippen molar-refractivity contribution in [3.63, 3.8) is 0 Å². The monoisotopic (exact) mass is 954 g/mol. The van der Waals surface area contributed by atoms with Gasteiger partial charge in [-0.1, -0.05) is 69.6 Å². The Hall–Kier alpha value is -5.74. The molecule has 5 rings (SSSR count). The summed E-state index contributed by atoms with van der Waals surface area (Å²) in [5, 5.41) is 28.1. The molecule has 0 aliphatic carbocycles. The lowest BCUT2D eigenvalue weighted by molar-refractivity contribution is -0.127. The lowest BCUT2D eigenvalue weighted by Gasteiger charge is -2.16. The molecule has 62 heavy (non-hydrogen) atoms. The summed E-state index contributed by atoms with van der Waals surface area (Å²) in [5.74, 6) is -4.02. The molecule has 0 bridgehead atoms. The van der Waals surface area contributed by atoms with Gasteiger partial charge in [0.05, 0.1) is 11.4 Å². The third kappa shape index (κ3) is 13.1. The molecular formula is C42H32Cl6N8O6. The van der Waals surface area contributed by atoms with Gasteiger partial charge in [-0.15, -0.1) is 0 Å². The summed E-state index contributed by atoms with van der Waals surface area (Å²) in [6.45, 7) is 5.61. The quantitative estimate of drug-likeness (QED) is 0.0630. The van der Waals surface area contributed by atoms with Gasteiger partial charge in [-0.25, -0.2) is 0 Å². The van der Waals surface area contributed by atoms with Crippen LogP contribution in [0.3, 0.4) is 0 Å². The highest BCUT2D eigenvalue weighted by molar-refractivity contribution is 6.36. The van der Waals surface area contributed by atoms with Crippen LogP contribution in [0.4, 0.5) is 34.1 Å². The van der Waals surface area contributed by atoms with Crippen LogP contribution in [-0.4, -0.2) is 47.3 Å². The Bertz CT molecular complexity index is 2490. The zero-order chi connectivity index (χ0) is 45.4. The van der Waals surface area contributed by atoms with Crippen LogP contribution < -0.4 is 21.3 Å². The van der Waals surface area contributed by atoms with Crippen LogP contribution in [0.15, 0.2) is 105 Å². The Morgan fingerprint density at radius 1 is 0.435 bits per heavy atom. The van der Waals surface area contributed by atoms with Gasteiger partial charge < -0.3 is 21.3 Å². The van der Waals surface area contributed by atoms with Crippen molar-refractivity contribution < 1.29 is 28.8 Å². The molecule has 0 aliphatic rings. The number of hydrogen-bond donors (Lipinski definition) is 4. The lowest BCUT2D eigenvalue weighted by Crippen LogP contribution is -2.32. The molecule has 0 aliphatic heterocycles. The van der Waals surface area contributed by atoms with E-state index in [0.717, 1.165) is 13.8 Å². The van der Waals surface area contributed by atoms with Crippen molar-refractivity contribution in [2.24, 2.45) is 20.5 Å². The Morgan fingerprint density at radius 3 is 1.08 bits per heavy atom. The highest BCUT2D eigenvalue weighted by atomic mass is 35.5. The van der Waals surface area contributed by atoms with Gasteiger partial charge in [0, 0.05) is 64.0 Å². The first-order valence-electron chi connectivity index (χ1n) is 18.0. The number of Topliss-reactive ketones (excluding diaryl/α,β-unsaturated/α-hetero) is 2. The van der Waals surface area contributed by atoms with Gasteiger partial charge in [0.2, 0.25) is 12.1 Å². The molecule has 2 atom stereocenters. The van der Waals surface area contributed by atoms with Gasteiger partial charge in [-0.3, -0.25) is 28.8 Å². The molecule has 0 radical (unpaired) electrons. The molecule has 0 heterocycles. The van der Waals surface area contributed by atoms with Crippen molar-refractivity contribution in [1.29, 1.82) is 0 Å². The second-order valence-corrected chi connectivity index (χ2v) is 16.2. The van der Waals surface area contributed by atoms with Gasteiger partial charge in [0.15, 0.2) is 11.6 Å². The Balaban J connectivity index is 1.26. The predicted molar refractivity (Wildman–Crippen MR) is 243 cm³/mol. The van der Waals surface area contributed by atoms with Gasteiger partial charge in [0.25, 0.3) is 23.6 Å². The number of rotatable bonds is 14. The Morgan fingerprint density at radius 2 is 0.758 bits per heavy atom. The summed E-state index contributed by atoms with van der Waals surface area (Å²) >= 11 is 36.6. The molecule has 5 aromatic carbocycles. The second kappa shape index (κ2) is 20.9. The molecule has 0 spiro atoms. The van der Waals surface area contributed by atoms with Gasteiger partial charge in [-0.2, -0.15) is 20.5 Å². The molecule has 14 nitrogen and oxygen atoms in total. The largest absolute Gasteiger partial charge is 0.324 e. The van der Waals surface area contributed by atoms with E-state index in [1.165, 1.54) is 72.8 Å². The van der Waals surface area contributed by atoms with E-state index in [-0.39, 0.29) is 43.9 Å². The minimum absolute atomic E-state index is 0.0853. The summed E-state index contributed by atoms with van der Waals surface area (Å²) in [4.78, 5) is 77.9. The maximum Gasteiger partial charge on any atom is 0.258 e. The molecule has 5 aromatic rings. The van der Waals surface area contributed by atoms with Crippen molar-refractivity contribution in [3.05, 3.63) is 137 Å². The molecule has 20 heteroatoms. The van der Waals surface area contributed by atoms with Gasteiger partial charge in [-0.05, 0) is 124 Å². The van der Waals surface area contributed by atoms with E-state index in [9.17, 15) is 28.8 Å². The van der Waals surface area contributed by atoms with Crippen LogP contribution in [0.5, 0.6) is 0 Å². The Kier molecular flexibility index (Phi) is 15.9. The van der Waals surface area contributed by atoms with Crippen molar-refractivity contribution >= 4 is 139 Å². The fourth-order valence-corrected chi connectivity index (χ4v) is 7.07. The normalized spacial score (nSPS) is 12.2. The molecule has 0 fully saturated rings. The van der Waals surface area contributed by atoms with E-state index in [2.05, 4.69) is 41.7 Å². The van der Waals surface area contributed by atoms with Crippen molar-refractivity contribution in [3.8, 4) is 0 Å². The van der Waals surface area contributed by atoms with Crippen LogP contribution in [0, 0.1) is 13.8 Å². The smallest absolute Gasteiger partial charge is 0.258 e. The van der Waals surface area contributed by atoms with Crippen molar-refractivity contribution in [2.45, 2.75) is 39.8 Å². The molecular weight excluding hydrogens is 925 g/mol. The number of azo groups is 2. The number of hydrogen-bond acceptors (Lipinski definition) is 10. The van der Waals surface area contributed by atoms with Crippen LogP contribution in [0.2, 0.25) is 30.1 Å². The van der Waals surface area contributed by atoms with E-state index < -0.39 is 47.3 Å². The molecule has 0 saturated heterocycles. The van der Waals surface area contributed by atoms with E-state index in [1.807, 2.05) is 0 Å². The minimum Gasteiger partial charge on any atom is -0.324 e. The molecule has 4 amide bonds. The third-order valence-electron chi connectivity index (χ3n) is 8.46. The Labute approximate surface area is 384 Å². The first kappa shape index (κ1) is 47.3. The van der Waals surface area contributed by atoms with Gasteiger partial charge in [0.1, 0.15) is 0 Å². The molecule has 0 saturated carbocycles. The molecule has 0 aromatic heterocycles. The zero-order valence-electron chi connectivity index (χ0n) is 32.7. The van der Waals surface area contributed by atoms with E-state index in [1.54, 1.807) is 26.0 Å². The maximum absolute atomic E-state index is 13.4. The molecule has 2 unspecified atom stereocenters. The topological polar surface area (TPSA) is 200 Å². The van der Waals surface area contributed by atoms with Crippen LogP contribution in [0.1, 0.15) is 45.7 Å². The number of benzene rings is 5. The third-order valence-corrected chi connectivity index (χ3v) is 9.77. The molecule has 318 valence electrons. The van der Waals surface area contributed by atoms with Crippen molar-refractivity contribution in [2.75, 3.05) is 21.3 Å². The number of carbonyl (C=O) groups excluding carboxylic acids is 6.